The fourth-order valence-electron chi connectivity index (χ4n) is 1.66. The van der Waals surface area contributed by atoms with Gasteiger partial charge < -0.3 is 16.5 Å². The summed E-state index contributed by atoms with van der Waals surface area (Å²) in [6, 6.07) is 0.274. The van der Waals surface area contributed by atoms with Crippen LogP contribution in [0.2, 0.25) is 0 Å². The van der Waals surface area contributed by atoms with Crippen LogP contribution in [0.3, 0.4) is 0 Å². The maximum atomic E-state index is 5.79. The molecule has 5 heteroatoms. The summed E-state index contributed by atoms with van der Waals surface area (Å²) in [5.41, 5.74) is 9.02. The van der Waals surface area contributed by atoms with Crippen LogP contribution in [-0.4, -0.2) is 30.1 Å². The molecule has 0 aromatic heterocycles. The van der Waals surface area contributed by atoms with E-state index in [9.17, 15) is 0 Å². The maximum Gasteiger partial charge on any atom is 0.195 e. The third-order valence-corrected chi connectivity index (χ3v) is 2.33. The lowest BCUT2D eigenvalue weighted by Gasteiger charge is -2.18. The van der Waals surface area contributed by atoms with Gasteiger partial charge in [-0.15, -0.1) is 0 Å². The number of hydrazine groups is 1. The number of aliphatic imine (C=N–C) groups is 1. The van der Waals surface area contributed by atoms with Crippen LogP contribution in [0, 0.1) is 0 Å². The molecule has 17 heavy (non-hydrogen) atoms. The normalized spacial score (nSPS) is 18.5. The molecule has 0 saturated carbocycles. The van der Waals surface area contributed by atoms with Crippen molar-refractivity contribution in [2.45, 2.75) is 32.7 Å². The van der Waals surface area contributed by atoms with Gasteiger partial charge in [0.2, 0.25) is 0 Å². The maximum absolute atomic E-state index is 5.79. The lowest BCUT2D eigenvalue weighted by Crippen LogP contribution is -2.39. The predicted molar refractivity (Wildman–Crippen MR) is 72.1 cm³/mol. The van der Waals surface area contributed by atoms with E-state index in [2.05, 4.69) is 27.3 Å². The van der Waals surface area contributed by atoms with Gasteiger partial charge in [-0.25, -0.2) is 5.01 Å². The van der Waals surface area contributed by atoms with Crippen LogP contribution >= 0.6 is 0 Å². The molecule has 96 valence electrons. The zero-order chi connectivity index (χ0) is 12.7. The molecule has 0 aromatic rings. The van der Waals surface area contributed by atoms with Crippen LogP contribution in [0.5, 0.6) is 0 Å². The van der Waals surface area contributed by atoms with Crippen LogP contribution in [0.1, 0.15) is 26.7 Å². The van der Waals surface area contributed by atoms with Crippen molar-refractivity contribution >= 4 is 5.96 Å². The van der Waals surface area contributed by atoms with Crippen LogP contribution < -0.4 is 16.5 Å². The van der Waals surface area contributed by atoms with E-state index in [1.165, 1.54) is 12.8 Å². The van der Waals surface area contributed by atoms with Gasteiger partial charge >= 0.3 is 0 Å². The minimum absolute atomic E-state index is 0.274. The minimum Gasteiger partial charge on any atom is -0.370 e. The van der Waals surface area contributed by atoms with Gasteiger partial charge in [0.1, 0.15) is 5.82 Å². The monoisotopic (exact) mass is 237 g/mol. The summed E-state index contributed by atoms with van der Waals surface area (Å²) in [6.07, 6.45) is 5.95. The summed E-state index contributed by atoms with van der Waals surface area (Å²) in [5.74, 6) is 1.13. The molecule has 1 rings (SSSR count). The van der Waals surface area contributed by atoms with Gasteiger partial charge in [-0.1, -0.05) is 12.7 Å². The van der Waals surface area contributed by atoms with E-state index < -0.39 is 0 Å². The van der Waals surface area contributed by atoms with E-state index in [0.717, 1.165) is 13.1 Å². The molecule has 5 nitrogen and oxygen atoms in total. The van der Waals surface area contributed by atoms with Crippen LogP contribution in [0.15, 0.2) is 29.5 Å². The largest absolute Gasteiger partial charge is 0.370 e. The number of rotatable bonds is 5. The summed E-state index contributed by atoms with van der Waals surface area (Å²) in [4.78, 5) is 4.29. The average molecular weight is 237 g/mol. The van der Waals surface area contributed by atoms with Gasteiger partial charge in [-0.05, 0) is 32.8 Å². The number of nitrogens with one attached hydrogen (secondary N) is 2. The van der Waals surface area contributed by atoms with Crippen molar-refractivity contribution in [3.05, 3.63) is 24.6 Å². The lowest BCUT2D eigenvalue weighted by atomic mass is 10.4. The average Bonchev–Trinajstić information content (AvgIpc) is 2.69. The number of nitrogens with zero attached hydrogens (tertiary/aromatic N) is 2. The molecule has 1 fully saturated rings. The quantitative estimate of drug-likeness (QED) is 0.378. The Balaban J connectivity index is 2.58. The SMILES string of the molecule is C=C/C=C(\N=C(/N)NC(C)C)NN1CCCC1. The molecule has 0 radical (unpaired) electrons. The summed E-state index contributed by atoms with van der Waals surface area (Å²) in [5, 5.41) is 5.19. The second-order valence-corrected chi connectivity index (χ2v) is 4.39. The van der Waals surface area contributed by atoms with E-state index >= 15 is 0 Å². The zero-order valence-electron chi connectivity index (χ0n) is 10.7. The third kappa shape index (κ3) is 5.40. The molecule has 0 bridgehead atoms. The second kappa shape index (κ2) is 6.96. The van der Waals surface area contributed by atoms with Crippen molar-refractivity contribution in [3.8, 4) is 0 Å². The Morgan fingerprint density at radius 3 is 2.59 bits per heavy atom. The molecule has 0 aromatic carbocycles. The highest BCUT2D eigenvalue weighted by molar-refractivity contribution is 5.79. The predicted octanol–water partition coefficient (Wildman–Crippen LogP) is 0.927. The molecule has 0 spiro atoms. The smallest absolute Gasteiger partial charge is 0.195 e. The summed E-state index contributed by atoms with van der Waals surface area (Å²) in [6.45, 7) is 9.81. The Morgan fingerprint density at radius 2 is 2.06 bits per heavy atom. The first-order valence-corrected chi connectivity index (χ1v) is 6.07. The molecule has 1 aliphatic rings. The van der Waals surface area contributed by atoms with Gasteiger partial charge in [-0.2, -0.15) is 4.99 Å². The molecule has 4 N–H and O–H groups in total. The number of guanidine groups is 1. The fraction of sp³-hybridized carbons (Fsp3) is 0.583. The van der Waals surface area contributed by atoms with Crippen molar-refractivity contribution in [2.24, 2.45) is 10.7 Å². The van der Waals surface area contributed by atoms with Gasteiger partial charge in [-0.3, -0.25) is 0 Å². The molecule has 1 saturated heterocycles. The topological polar surface area (TPSA) is 65.7 Å². The van der Waals surface area contributed by atoms with Crippen molar-refractivity contribution in [1.82, 2.24) is 15.8 Å². The van der Waals surface area contributed by atoms with Crippen molar-refractivity contribution < 1.29 is 0 Å². The highest BCUT2D eigenvalue weighted by Crippen LogP contribution is 2.06. The van der Waals surface area contributed by atoms with E-state index in [1.807, 2.05) is 19.9 Å². The lowest BCUT2D eigenvalue weighted by molar-refractivity contribution is 0.265. The third-order valence-electron chi connectivity index (χ3n) is 2.33. The summed E-state index contributed by atoms with van der Waals surface area (Å²) < 4.78 is 0. The Hall–Kier alpha value is -1.49. The molecular weight excluding hydrogens is 214 g/mol. The molecule has 1 aliphatic heterocycles. The zero-order valence-corrected chi connectivity index (χ0v) is 10.7. The van der Waals surface area contributed by atoms with E-state index in [1.54, 1.807) is 6.08 Å². The van der Waals surface area contributed by atoms with Gasteiger partial charge in [0.25, 0.3) is 0 Å². The van der Waals surface area contributed by atoms with Crippen LogP contribution in [0.25, 0.3) is 0 Å². The second-order valence-electron chi connectivity index (χ2n) is 4.39. The first-order chi connectivity index (χ1) is 8.11. The Kier molecular flexibility index (Phi) is 5.56. The number of allylic oxidation sites excluding steroid dienone is 2. The minimum atomic E-state index is 0.274. The molecule has 0 aliphatic carbocycles. The number of hydrogen-bond donors (Lipinski definition) is 3. The Bertz CT molecular complexity index is 300. The number of hydrogen-bond acceptors (Lipinski definition) is 3. The summed E-state index contributed by atoms with van der Waals surface area (Å²) in [7, 11) is 0. The van der Waals surface area contributed by atoms with Crippen molar-refractivity contribution in [2.75, 3.05) is 13.1 Å². The number of nitrogens with two attached hydrogens (primary N) is 1. The Morgan fingerprint density at radius 1 is 1.41 bits per heavy atom. The molecular formula is C12H23N5. The fourth-order valence-corrected chi connectivity index (χ4v) is 1.66. The van der Waals surface area contributed by atoms with Crippen LogP contribution in [0.4, 0.5) is 0 Å². The molecule has 0 unspecified atom stereocenters. The summed E-state index contributed by atoms with van der Waals surface area (Å²) >= 11 is 0. The highest BCUT2D eigenvalue weighted by Gasteiger charge is 2.11. The van der Waals surface area contributed by atoms with Crippen molar-refractivity contribution in [1.29, 1.82) is 0 Å². The van der Waals surface area contributed by atoms with E-state index in [0.29, 0.717) is 11.8 Å². The molecule has 1 heterocycles. The van der Waals surface area contributed by atoms with Gasteiger partial charge in [0.15, 0.2) is 5.96 Å². The molecule has 0 amide bonds. The first kappa shape index (κ1) is 13.6. The van der Waals surface area contributed by atoms with Crippen LogP contribution in [-0.2, 0) is 0 Å². The first-order valence-electron chi connectivity index (χ1n) is 6.07. The van der Waals surface area contributed by atoms with Gasteiger partial charge in [0, 0.05) is 19.1 Å². The standard InChI is InChI=1S/C12H23N5/c1-4-7-11(15-12(13)14-10(2)3)16-17-8-5-6-9-17/h4,7,10,16H,1,5-6,8-9H2,2-3H3,(H3,13,14,15)/b11-7+. The van der Waals surface area contributed by atoms with E-state index in [4.69, 9.17) is 5.73 Å². The molecule has 0 atom stereocenters. The van der Waals surface area contributed by atoms with Gasteiger partial charge in [0.05, 0.1) is 0 Å². The highest BCUT2D eigenvalue weighted by atomic mass is 15.5. The van der Waals surface area contributed by atoms with E-state index in [-0.39, 0.29) is 6.04 Å². The van der Waals surface area contributed by atoms with Crippen molar-refractivity contribution in [3.63, 3.8) is 0 Å². The Labute approximate surface area is 103 Å².